The van der Waals surface area contributed by atoms with Crippen molar-refractivity contribution in [3.8, 4) is 0 Å². The molecule has 0 spiro atoms. The van der Waals surface area contributed by atoms with Gasteiger partial charge in [0, 0.05) is 30.8 Å². The highest BCUT2D eigenvalue weighted by Crippen LogP contribution is 2.26. The van der Waals surface area contributed by atoms with Crippen molar-refractivity contribution in [2.45, 2.75) is 18.1 Å². The predicted octanol–water partition coefficient (Wildman–Crippen LogP) is 0.979. The van der Waals surface area contributed by atoms with E-state index in [-0.39, 0.29) is 5.25 Å². The molecular formula is C12H19N3OS. The molecule has 5 heteroatoms. The molecule has 1 aliphatic heterocycles. The number of piperidine rings is 1. The Kier molecular flexibility index (Phi) is 3.28. The van der Waals surface area contributed by atoms with Gasteiger partial charge in [-0.05, 0) is 34.3 Å². The smallest absolute Gasteiger partial charge is 0.0738 e. The summed E-state index contributed by atoms with van der Waals surface area (Å²) in [5, 5.41) is 0.238. The maximum absolute atomic E-state index is 11.9. The molecule has 0 saturated carbocycles. The van der Waals surface area contributed by atoms with Crippen LogP contribution < -0.4 is 10.6 Å². The van der Waals surface area contributed by atoms with Gasteiger partial charge in [0.25, 0.3) is 0 Å². The van der Waals surface area contributed by atoms with Crippen LogP contribution in [0.2, 0.25) is 0 Å². The molecule has 1 aromatic rings. The Bertz CT molecular complexity index is 490. The van der Waals surface area contributed by atoms with E-state index in [1.54, 1.807) is 18.6 Å². The SMILES string of the molecule is C=S(C)(=O)C1CCN(c2ccncc2N)CC1. The van der Waals surface area contributed by atoms with Crippen LogP contribution in [0, 0.1) is 0 Å². The number of pyridine rings is 1. The molecule has 1 unspecified atom stereocenters. The zero-order valence-corrected chi connectivity index (χ0v) is 10.9. The van der Waals surface area contributed by atoms with Crippen LogP contribution in [-0.4, -0.2) is 39.7 Å². The van der Waals surface area contributed by atoms with Gasteiger partial charge < -0.3 is 10.6 Å². The third kappa shape index (κ3) is 2.72. The van der Waals surface area contributed by atoms with Gasteiger partial charge in [-0.25, -0.2) is 0 Å². The first-order chi connectivity index (χ1) is 7.98. The molecule has 1 atom stereocenters. The standard InChI is InChI=1S/C12H19N3OS/c1-17(2,16)10-4-7-15(8-5-10)12-3-6-14-9-11(12)13/h3,6,9-10H,1,4-5,7-8,13H2,2H3. The fourth-order valence-corrected chi connectivity index (χ4v) is 3.49. The molecule has 0 bridgehead atoms. The van der Waals surface area contributed by atoms with Crippen LogP contribution in [0.5, 0.6) is 0 Å². The van der Waals surface area contributed by atoms with Crippen LogP contribution in [0.4, 0.5) is 11.4 Å². The van der Waals surface area contributed by atoms with E-state index in [0.717, 1.165) is 31.6 Å². The lowest BCUT2D eigenvalue weighted by atomic mass is 10.1. The number of aromatic nitrogens is 1. The van der Waals surface area contributed by atoms with Crippen molar-refractivity contribution < 1.29 is 4.21 Å². The second-order valence-corrected chi connectivity index (χ2v) is 7.50. The molecular weight excluding hydrogens is 234 g/mol. The molecule has 0 amide bonds. The highest BCUT2D eigenvalue weighted by molar-refractivity contribution is 8.00. The summed E-state index contributed by atoms with van der Waals surface area (Å²) in [5.74, 6) is 3.78. The quantitative estimate of drug-likeness (QED) is 0.798. The topological polar surface area (TPSA) is 59.2 Å². The van der Waals surface area contributed by atoms with Crippen LogP contribution in [0.3, 0.4) is 0 Å². The summed E-state index contributed by atoms with van der Waals surface area (Å²) in [7, 11) is -1.91. The molecule has 4 nitrogen and oxygen atoms in total. The first-order valence-electron chi connectivity index (χ1n) is 5.74. The molecule has 94 valence electrons. The van der Waals surface area contributed by atoms with E-state index in [9.17, 15) is 4.21 Å². The van der Waals surface area contributed by atoms with Crippen molar-refractivity contribution >= 4 is 26.8 Å². The van der Waals surface area contributed by atoms with Gasteiger partial charge in [-0.15, -0.1) is 0 Å². The molecule has 17 heavy (non-hydrogen) atoms. The Morgan fingerprint density at radius 2 is 2.18 bits per heavy atom. The van der Waals surface area contributed by atoms with Crippen molar-refractivity contribution in [3.05, 3.63) is 18.5 Å². The van der Waals surface area contributed by atoms with E-state index >= 15 is 0 Å². The lowest BCUT2D eigenvalue weighted by molar-refractivity contribution is 0.571. The van der Waals surface area contributed by atoms with E-state index < -0.39 is 9.52 Å². The highest BCUT2D eigenvalue weighted by Gasteiger charge is 2.24. The minimum atomic E-state index is -1.91. The van der Waals surface area contributed by atoms with Gasteiger partial charge in [0.05, 0.1) is 17.6 Å². The van der Waals surface area contributed by atoms with Gasteiger partial charge in [-0.3, -0.25) is 9.19 Å². The lowest BCUT2D eigenvalue weighted by Crippen LogP contribution is -2.39. The van der Waals surface area contributed by atoms with E-state index in [4.69, 9.17) is 5.73 Å². The number of rotatable bonds is 2. The van der Waals surface area contributed by atoms with Gasteiger partial charge >= 0.3 is 0 Å². The molecule has 1 fully saturated rings. The first kappa shape index (κ1) is 12.2. The van der Waals surface area contributed by atoms with Crippen LogP contribution in [0.1, 0.15) is 12.8 Å². The minimum Gasteiger partial charge on any atom is -0.396 e. The zero-order chi connectivity index (χ0) is 12.5. The maximum Gasteiger partial charge on any atom is 0.0738 e. The number of anilines is 2. The molecule has 2 heterocycles. The molecule has 0 aromatic carbocycles. The molecule has 1 aliphatic rings. The van der Waals surface area contributed by atoms with Crippen LogP contribution in [-0.2, 0) is 9.52 Å². The minimum absolute atomic E-state index is 0.238. The van der Waals surface area contributed by atoms with Crippen molar-refractivity contribution in [1.82, 2.24) is 4.98 Å². The average Bonchev–Trinajstić information content (AvgIpc) is 2.29. The zero-order valence-electron chi connectivity index (χ0n) is 10.1. The number of nitrogens with zero attached hydrogens (tertiary/aromatic N) is 2. The number of nitrogens with two attached hydrogens (primary N) is 1. The van der Waals surface area contributed by atoms with Gasteiger partial charge in [-0.1, -0.05) is 0 Å². The van der Waals surface area contributed by atoms with Gasteiger partial charge in [-0.2, -0.15) is 0 Å². The largest absolute Gasteiger partial charge is 0.396 e. The first-order valence-corrected chi connectivity index (χ1v) is 7.94. The van der Waals surface area contributed by atoms with E-state index in [2.05, 4.69) is 15.8 Å². The predicted molar refractivity (Wildman–Crippen MR) is 75.1 cm³/mol. The van der Waals surface area contributed by atoms with Crippen LogP contribution in [0.15, 0.2) is 18.5 Å². The fourth-order valence-electron chi connectivity index (χ4n) is 2.28. The van der Waals surface area contributed by atoms with Crippen molar-refractivity contribution in [1.29, 1.82) is 0 Å². The summed E-state index contributed by atoms with van der Waals surface area (Å²) < 4.78 is 11.9. The monoisotopic (exact) mass is 253 g/mol. The third-order valence-electron chi connectivity index (χ3n) is 3.32. The summed E-state index contributed by atoms with van der Waals surface area (Å²) in [6.45, 7) is 1.78. The Labute approximate surface area is 103 Å². The Balaban J connectivity index is 2.08. The van der Waals surface area contributed by atoms with Gasteiger partial charge in [0.2, 0.25) is 0 Å². The Hall–Kier alpha value is -1.23. The Morgan fingerprint density at radius 3 is 2.71 bits per heavy atom. The van der Waals surface area contributed by atoms with Crippen molar-refractivity contribution in [2.75, 3.05) is 30.0 Å². The van der Waals surface area contributed by atoms with Crippen LogP contribution >= 0.6 is 0 Å². The van der Waals surface area contributed by atoms with E-state index in [0.29, 0.717) is 5.69 Å². The highest BCUT2D eigenvalue weighted by atomic mass is 32.2. The summed E-state index contributed by atoms with van der Waals surface area (Å²) in [6.07, 6.45) is 7.02. The molecule has 0 aliphatic carbocycles. The second-order valence-electron chi connectivity index (χ2n) is 4.69. The molecule has 2 N–H and O–H groups in total. The third-order valence-corrected chi connectivity index (χ3v) is 5.20. The second kappa shape index (κ2) is 4.56. The molecule has 2 rings (SSSR count). The van der Waals surface area contributed by atoms with E-state index in [1.807, 2.05) is 6.07 Å². The molecule has 1 saturated heterocycles. The lowest BCUT2D eigenvalue weighted by Gasteiger charge is -2.34. The number of nitrogen functional groups attached to an aromatic ring is 1. The number of hydrogen-bond donors (Lipinski definition) is 1. The normalized spacial score (nSPS) is 21.1. The van der Waals surface area contributed by atoms with E-state index in [1.165, 1.54) is 0 Å². The summed E-state index contributed by atoms with van der Waals surface area (Å²) in [4.78, 5) is 6.22. The average molecular weight is 253 g/mol. The van der Waals surface area contributed by atoms with Crippen molar-refractivity contribution in [2.24, 2.45) is 0 Å². The van der Waals surface area contributed by atoms with Crippen molar-refractivity contribution in [3.63, 3.8) is 0 Å². The fraction of sp³-hybridized carbons (Fsp3) is 0.500. The van der Waals surface area contributed by atoms with Gasteiger partial charge in [0.1, 0.15) is 0 Å². The molecule has 1 aromatic heterocycles. The van der Waals surface area contributed by atoms with Gasteiger partial charge in [0.15, 0.2) is 0 Å². The van der Waals surface area contributed by atoms with Crippen LogP contribution in [0.25, 0.3) is 0 Å². The maximum atomic E-state index is 11.9. The summed E-state index contributed by atoms with van der Waals surface area (Å²) >= 11 is 0. The molecule has 0 radical (unpaired) electrons. The summed E-state index contributed by atoms with van der Waals surface area (Å²) in [6, 6.07) is 1.93. The Morgan fingerprint density at radius 1 is 1.53 bits per heavy atom. The summed E-state index contributed by atoms with van der Waals surface area (Å²) in [5.41, 5.74) is 7.64. The number of hydrogen-bond acceptors (Lipinski definition) is 4.